The normalized spacial score (nSPS) is 12.5. The highest BCUT2D eigenvalue weighted by Gasteiger charge is 2.39. The second-order valence-corrected chi connectivity index (χ2v) is 5.05. The third kappa shape index (κ3) is 4.06. The number of anilines is 1. The van der Waals surface area contributed by atoms with E-state index >= 15 is 0 Å². The smallest absolute Gasteiger partial charge is 0.366 e. The van der Waals surface area contributed by atoms with Crippen LogP contribution in [0.15, 0.2) is 18.5 Å². The molecule has 0 amide bonds. The van der Waals surface area contributed by atoms with E-state index in [4.69, 9.17) is 0 Å². The molecule has 0 spiro atoms. The van der Waals surface area contributed by atoms with E-state index < -0.39 is 35.4 Å². The van der Waals surface area contributed by atoms with Crippen LogP contribution in [0.5, 0.6) is 0 Å². The van der Waals surface area contributed by atoms with Crippen molar-refractivity contribution >= 4 is 16.3 Å². The Morgan fingerprint density at radius 1 is 1.09 bits per heavy atom. The molecule has 0 bridgehead atoms. The van der Waals surface area contributed by atoms with E-state index in [0.717, 1.165) is 18.5 Å². The van der Waals surface area contributed by atoms with Crippen LogP contribution in [0.4, 0.5) is 35.7 Å². The minimum atomic E-state index is -4.94. The summed E-state index contributed by atoms with van der Waals surface area (Å²) in [5.74, 6) is -0.800. The van der Waals surface area contributed by atoms with Crippen LogP contribution in [0.25, 0.3) is 10.6 Å². The van der Waals surface area contributed by atoms with E-state index in [-0.39, 0.29) is 10.6 Å². The van der Waals surface area contributed by atoms with Crippen molar-refractivity contribution in [3.05, 3.63) is 30.0 Å². The first-order valence-electron chi connectivity index (χ1n) is 5.56. The minimum Gasteiger partial charge on any atom is -0.366 e. The molecule has 0 saturated carbocycles. The van der Waals surface area contributed by atoms with Gasteiger partial charge in [-0.1, -0.05) is 11.3 Å². The highest BCUT2D eigenvalue weighted by Crippen LogP contribution is 2.41. The first-order chi connectivity index (χ1) is 10.1. The first kappa shape index (κ1) is 16.5. The number of nitrogens with zero attached hydrogens (tertiary/aromatic N) is 2. The van der Waals surface area contributed by atoms with Crippen molar-refractivity contribution < 1.29 is 30.7 Å². The third-order valence-electron chi connectivity index (χ3n) is 2.30. The van der Waals surface area contributed by atoms with Crippen LogP contribution in [0.3, 0.4) is 0 Å². The van der Waals surface area contributed by atoms with Gasteiger partial charge >= 0.3 is 12.4 Å². The molecule has 0 fully saturated rings. The molecular weight excluding hydrogens is 339 g/mol. The van der Waals surface area contributed by atoms with Gasteiger partial charge < -0.3 is 5.32 Å². The van der Waals surface area contributed by atoms with Crippen molar-refractivity contribution in [1.82, 2.24) is 9.97 Å². The van der Waals surface area contributed by atoms with Crippen molar-refractivity contribution in [1.29, 1.82) is 0 Å². The van der Waals surface area contributed by atoms with Gasteiger partial charge in [0.25, 0.3) is 0 Å². The summed E-state index contributed by atoms with van der Waals surface area (Å²) in [6, 6.07) is 0.888. The number of rotatable bonds is 3. The average molecular weight is 345 g/mol. The maximum absolute atomic E-state index is 13.0. The van der Waals surface area contributed by atoms with Gasteiger partial charge in [0.05, 0.1) is 6.20 Å². The molecule has 3 nitrogen and oxygen atoms in total. The largest absolute Gasteiger partial charge is 0.436 e. The van der Waals surface area contributed by atoms with Crippen LogP contribution in [-0.2, 0) is 6.18 Å². The molecule has 0 radical (unpaired) electrons. The van der Waals surface area contributed by atoms with Gasteiger partial charge in [-0.15, -0.1) is 0 Å². The van der Waals surface area contributed by atoms with E-state index in [2.05, 4.69) is 9.97 Å². The SMILES string of the molecule is Fc1cncc(-c2nc(C(F)(F)F)c(NCC(F)(F)F)s2)c1. The molecule has 2 aromatic heterocycles. The summed E-state index contributed by atoms with van der Waals surface area (Å²) in [7, 11) is 0. The standard InChI is InChI=1S/C11H6F7N3S/c12-6-1-5(2-19-3-6)8-21-7(11(16,17)18)9(22-8)20-4-10(13,14)15/h1-3,20H,4H2. The lowest BCUT2D eigenvalue weighted by molar-refractivity contribution is -0.140. The number of nitrogens with one attached hydrogen (secondary N) is 1. The zero-order valence-corrected chi connectivity index (χ0v) is 11.2. The predicted octanol–water partition coefficient (Wildman–Crippen LogP) is 4.34. The number of halogens is 7. The summed E-state index contributed by atoms with van der Waals surface area (Å²) >= 11 is 0.340. The second-order valence-electron chi connectivity index (χ2n) is 4.06. The van der Waals surface area contributed by atoms with Crippen LogP contribution in [-0.4, -0.2) is 22.7 Å². The molecule has 2 rings (SSSR count). The summed E-state index contributed by atoms with van der Waals surface area (Å²) in [5.41, 5.74) is -1.54. The van der Waals surface area contributed by atoms with E-state index in [9.17, 15) is 30.7 Å². The van der Waals surface area contributed by atoms with E-state index in [1.807, 2.05) is 0 Å². The highest BCUT2D eigenvalue weighted by molar-refractivity contribution is 7.19. The van der Waals surface area contributed by atoms with Gasteiger partial charge in [-0.25, -0.2) is 9.37 Å². The van der Waals surface area contributed by atoms with Crippen molar-refractivity contribution in [2.45, 2.75) is 12.4 Å². The van der Waals surface area contributed by atoms with Crippen LogP contribution in [0.1, 0.15) is 5.69 Å². The number of pyridine rings is 1. The summed E-state index contributed by atoms with van der Waals surface area (Å²) in [6.07, 6.45) is -7.73. The Labute approximate surface area is 122 Å². The molecule has 0 unspecified atom stereocenters. The fourth-order valence-electron chi connectivity index (χ4n) is 1.46. The molecule has 0 aliphatic rings. The number of thiazole rings is 1. The molecule has 0 aliphatic carbocycles. The number of hydrogen-bond acceptors (Lipinski definition) is 4. The maximum Gasteiger partial charge on any atom is 0.436 e. The zero-order valence-electron chi connectivity index (χ0n) is 10.4. The van der Waals surface area contributed by atoms with Crippen LogP contribution in [0, 0.1) is 5.82 Å². The lowest BCUT2D eigenvalue weighted by Crippen LogP contribution is -2.22. The quantitative estimate of drug-likeness (QED) is 0.841. The van der Waals surface area contributed by atoms with Gasteiger partial charge in [-0.05, 0) is 6.07 Å². The predicted molar refractivity (Wildman–Crippen MR) is 64.8 cm³/mol. The Morgan fingerprint density at radius 3 is 2.32 bits per heavy atom. The van der Waals surface area contributed by atoms with Gasteiger partial charge in [-0.3, -0.25) is 4.98 Å². The van der Waals surface area contributed by atoms with E-state index in [1.54, 1.807) is 5.32 Å². The van der Waals surface area contributed by atoms with Gasteiger partial charge in [0.2, 0.25) is 0 Å². The Balaban J connectivity index is 2.40. The van der Waals surface area contributed by atoms with Crippen molar-refractivity contribution in [2.24, 2.45) is 0 Å². The number of hydrogen-bond donors (Lipinski definition) is 1. The lowest BCUT2D eigenvalue weighted by Gasteiger charge is -2.10. The summed E-state index contributed by atoms with van der Waals surface area (Å²) in [5, 5.41) is 0.586. The molecule has 0 saturated heterocycles. The lowest BCUT2D eigenvalue weighted by atomic mass is 10.3. The molecular formula is C11H6F7N3S. The van der Waals surface area contributed by atoms with Gasteiger partial charge in [0.15, 0.2) is 5.69 Å². The van der Waals surface area contributed by atoms with Gasteiger partial charge in [-0.2, -0.15) is 26.3 Å². The van der Waals surface area contributed by atoms with Crippen molar-refractivity contribution in [2.75, 3.05) is 11.9 Å². The summed E-state index contributed by atoms with van der Waals surface area (Å²) in [6.45, 7) is -1.64. The van der Waals surface area contributed by atoms with E-state index in [0.29, 0.717) is 11.3 Å². The molecule has 0 aliphatic heterocycles. The van der Waals surface area contributed by atoms with Crippen LogP contribution < -0.4 is 5.32 Å². The van der Waals surface area contributed by atoms with E-state index in [1.165, 1.54) is 0 Å². The Kier molecular flexibility index (Phi) is 4.27. The summed E-state index contributed by atoms with van der Waals surface area (Å²) < 4.78 is 87.9. The zero-order chi connectivity index (χ0) is 16.5. The third-order valence-corrected chi connectivity index (χ3v) is 3.36. The molecule has 120 valence electrons. The number of aromatic nitrogens is 2. The Hall–Kier alpha value is -1.91. The van der Waals surface area contributed by atoms with Crippen molar-refractivity contribution in [3.8, 4) is 10.6 Å². The molecule has 0 aromatic carbocycles. The fourth-order valence-corrected chi connectivity index (χ4v) is 2.43. The van der Waals surface area contributed by atoms with Crippen molar-refractivity contribution in [3.63, 3.8) is 0 Å². The number of alkyl halides is 6. The average Bonchev–Trinajstić information content (AvgIpc) is 2.79. The molecule has 0 atom stereocenters. The Morgan fingerprint density at radius 2 is 1.77 bits per heavy atom. The highest BCUT2D eigenvalue weighted by atomic mass is 32.1. The molecule has 22 heavy (non-hydrogen) atoms. The maximum atomic E-state index is 13.0. The second kappa shape index (κ2) is 5.71. The first-order valence-corrected chi connectivity index (χ1v) is 6.37. The molecule has 11 heteroatoms. The van der Waals surface area contributed by atoms with Crippen LogP contribution in [0.2, 0.25) is 0 Å². The molecule has 2 heterocycles. The Bertz CT molecular complexity index is 662. The fraction of sp³-hybridized carbons (Fsp3) is 0.273. The molecule has 2 aromatic rings. The topological polar surface area (TPSA) is 37.8 Å². The summed E-state index contributed by atoms with van der Waals surface area (Å²) in [4.78, 5) is 6.71. The van der Waals surface area contributed by atoms with Gasteiger partial charge in [0, 0.05) is 11.8 Å². The molecule has 1 N–H and O–H groups in total. The minimum absolute atomic E-state index is 0.0597. The monoisotopic (exact) mass is 345 g/mol. The van der Waals surface area contributed by atoms with Gasteiger partial charge in [0.1, 0.15) is 22.4 Å². The van der Waals surface area contributed by atoms with Crippen LogP contribution >= 0.6 is 11.3 Å².